The Hall–Kier alpha value is 0.860. The van der Waals surface area contributed by atoms with Crippen LogP contribution in [0.1, 0.15) is 20.3 Å². The van der Waals surface area contributed by atoms with Gasteiger partial charge in [0.1, 0.15) is 0 Å². The summed E-state index contributed by atoms with van der Waals surface area (Å²) in [4.78, 5) is 0. The number of hydrogen-bond acceptors (Lipinski definition) is 2. The summed E-state index contributed by atoms with van der Waals surface area (Å²) in [6.45, 7) is 5.36. The van der Waals surface area contributed by atoms with Crippen molar-refractivity contribution in [3.05, 3.63) is 0 Å². The molecule has 0 aliphatic heterocycles. The third kappa shape index (κ3) is 5.63. The molecular weight excluding hydrogens is 189 g/mol. The van der Waals surface area contributed by atoms with E-state index in [2.05, 4.69) is 12.0 Å². The lowest BCUT2D eigenvalue weighted by Crippen LogP contribution is -2.09. The van der Waals surface area contributed by atoms with E-state index in [1.54, 1.807) is 0 Å². The van der Waals surface area contributed by atoms with E-state index in [0.29, 0.717) is 6.61 Å². The van der Waals surface area contributed by atoms with Gasteiger partial charge >= 0.3 is 0 Å². The summed E-state index contributed by atoms with van der Waals surface area (Å²) < 4.78 is 5.11. The van der Waals surface area contributed by atoms with E-state index in [0.717, 1.165) is 13.0 Å². The van der Waals surface area contributed by atoms with Crippen molar-refractivity contribution in [2.24, 2.45) is 0 Å². The summed E-state index contributed by atoms with van der Waals surface area (Å²) in [5.74, 6) is -2.15. The minimum absolute atomic E-state index is 0.581. The molecule has 0 bridgehead atoms. The van der Waals surface area contributed by atoms with E-state index in [-0.39, 0.29) is 0 Å². The summed E-state index contributed by atoms with van der Waals surface area (Å²) in [5.41, 5.74) is 0. The van der Waals surface area contributed by atoms with Crippen molar-refractivity contribution >= 4 is 28.8 Å². The Morgan fingerprint density at radius 1 is 1.60 bits per heavy atom. The molecule has 0 saturated heterocycles. The molecule has 0 aromatic carbocycles. The molecule has 10 heavy (non-hydrogen) atoms. The van der Waals surface area contributed by atoms with E-state index in [1.807, 2.05) is 6.92 Å². The highest BCUT2D eigenvalue weighted by molar-refractivity contribution is 8.23. The van der Waals surface area contributed by atoms with Gasteiger partial charge in [-0.2, -0.15) is 0 Å². The first-order valence-corrected chi connectivity index (χ1v) is 6.94. The predicted octanol–water partition coefficient (Wildman–Crippen LogP) is 2.49. The van der Waals surface area contributed by atoms with Crippen molar-refractivity contribution in [2.45, 2.75) is 20.3 Å². The molecule has 1 N–H and O–H groups in total. The topological polar surface area (TPSA) is 21.3 Å². The average Bonchev–Trinajstić information content (AvgIpc) is 1.84. The van der Waals surface area contributed by atoms with Crippen LogP contribution in [-0.2, 0) is 16.3 Å². The summed E-state index contributed by atoms with van der Waals surface area (Å²) >= 11 is 10.8. The van der Waals surface area contributed by atoms with E-state index in [9.17, 15) is 0 Å². The Kier molecular flexibility index (Phi) is 5.98. The molecule has 0 aromatic rings. The van der Waals surface area contributed by atoms with Crippen molar-refractivity contribution < 1.29 is 4.52 Å². The monoisotopic (exact) mass is 201 g/mol. The zero-order valence-electron chi connectivity index (χ0n) is 6.26. The quantitative estimate of drug-likeness (QED) is 0.691. The molecule has 2 nitrogen and oxygen atoms in total. The van der Waals surface area contributed by atoms with Crippen LogP contribution in [0.2, 0.25) is 0 Å². The van der Waals surface area contributed by atoms with Gasteiger partial charge in [-0.25, -0.2) is 0 Å². The van der Waals surface area contributed by atoms with Gasteiger partial charge in [-0.3, -0.25) is 5.09 Å². The van der Waals surface area contributed by atoms with Crippen LogP contribution in [0.4, 0.5) is 0 Å². The van der Waals surface area contributed by atoms with Crippen molar-refractivity contribution in [3.8, 4) is 0 Å². The van der Waals surface area contributed by atoms with Crippen LogP contribution in [0.5, 0.6) is 0 Å². The first kappa shape index (κ1) is 10.9. The predicted molar refractivity (Wildman–Crippen MR) is 50.1 cm³/mol. The second kappa shape index (κ2) is 5.50. The minimum atomic E-state index is -2.15. The Morgan fingerprint density at radius 2 is 2.20 bits per heavy atom. The molecule has 0 aliphatic carbocycles. The molecule has 0 saturated carbocycles. The van der Waals surface area contributed by atoms with Crippen molar-refractivity contribution in [1.29, 1.82) is 0 Å². The SMILES string of the molecule is CCCNP(=S)(Cl)OCC. The maximum absolute atomic E-state index is 5.81. The van der Waals surface area contributed by atoms with Gasteiger partial charge in [0.05, 0.1) is 6.61 Å². The Balaban J connectivity index is 3.53. The lowest BCUT2D eigenvalue weighted by molar-refractivity contribution is 0.378. The van der Waals surface area contributed by atoms with E-state index in [4.69, 9.17) is 27.6 Å². The Morgan fingerprint density at radius 3 is 2.60 bits per heavy atom. The molecule has 0 aliphatic rings. The first-order chi connectivity index (χ1) is 4.62. The number of hydrogen-bond donors (Lipinski definition) is 1. The van der Waals surface area contributed by atoms with Crippen molar-refractivity contribution in [2.75, 3.05) is 13.2 Å². The second-order valence-electron chi connectivity index (χ2n) is 1.81. The lowest BCUT2D eigenvalue weighted by Gasteiger charge is -2.13. The highest BCUT2D eigenvalue weighted by Gasteiger charge is 2.09. The smallest absolute Gasteiger partial charge is 0.219 e. The highest BCUT2D eigenvalue weighted by atomic mass is 35.7. The van der Waals surface area contributed by atoms with Gasteiger partial charge in [-0.05, 0) is 36.4 Å². The Labute approximate surface area is 72.2 Å². The maximum atomic E-state index is 5.81. The molecule has 62 valence electrons. The van der Waals surface area contributed by atoms with E-state index >= 15 is 0 Å². The van der Waals surface area contributed by atoms with E-state index in [1.165, 1.54) is 0 Å². The third-order valence-electron chi connectivity index (χ3n) is 0.846. The fourth-order valence-corrected chi connectivity index (χ4v) is 2.51. The molecular formula is C5H13ClNOPS. The summed E-state index contributed by atoms with van der Waals surface area (Å²) in [6, 6.07) is 0. The van der Waals surface area contributed by atoms with Gasteiger partial charge in [-0.15, -0.1) is 0 Å². The second-order valence-corrected chi connectivity index (χ2v) is 6.91. The van der Waals surface area contributed by atoms with Gasteiger partial charge in [-0.1, -0.05) is 6.92 Å². The molecule has 0 aromatic heterocycles. The van der Waals surface area contributed by atoms with Gasteiger partial charge in [0, 0.05) is 6.54 Å². The van der Waals surface area contributed by atoms with Gasteiger partial charge in [0.2, 0.25) is 5.77 Å². The molecule has 0 rings (SSSR count). The number of nitrogens with one attached hydrogen (secondary N) is 1. The van der Waals surface area contributed by atoms with Gasteiger partial charge < -0.3 is 4.52 Å². The largest absolute Gasteiger partial charge is 0.327 e. The zero-order valence-corrected chi connectivity index (χ0v) is 8.73. The zero-order chi connectivity index (χ0) is 8.04. The molecule has 0 amide bonds. The number of rotatable bonds is 5. The van der Waals surface area contributed by atoms with Crippen LogP contribution in [0.3, 0.4) is 0 Å². The normalized spacial score (nSPS) is 16.7. The molecule has 0 heterocycles. The summed E-state index contributed by atoms with van der Waals surface area (Å²) in [7, 11) is 0. The van der Waals surface area contributed by atoms with Gasteiger partial charge in [0.25, 0.3) is 0 Å². The van der Waals surface area contributed by atoms with Crippen molar-refractivity contribution in [1.82, 2.24) is 5.09 Å². The maximum Gasteiger partial charge on any atom is 0.219 e. The van der Waals surface area contributed by atoms with Crippen LogP contribution in [0.15, 0.2) is 0 Å². The Bertz CT molecular complexity index is 133. The van der Waals surface area contributed by atoms with Crippen LogP contribution in [0.25, 0.3) is 0 Å². The number of halogens is 1. The minimum Gasteiger partial charge on any atom is -0.327 e. The lowest BCUT2D eigenvalue weighted by atomic mass is 10.5. The molecule has 1 atom stereocenters. The van der Waals surface area contributed by atoms with Crippen LogP contribution in [-0.4, -0.2) is 13.2 Å². The standard InChI is InChI=1S/C5H13ClNOPS/c1-3-5-7-9(6,10)8-4-2/h3-5H2,1-2H3,(H,7,10). The molecule has 0 spiro atoms. The highest BCUT2D eigenvalue weighted by Crippen LogP contribution is 2.47. The summed E-state index contributed by atoms with van der Waals surface area (Å²) in [5, 5.41) is 2.98. The molecule has 0 radical (unpaired) electrons. The van der Waals surface area contributed by atoms with Crippen LogP contribution >= 0.6 is 17.0 Å². The van der Waals surface area contributed by atoms with E-state index < -0.39 is 5.77 Å². The average molecular weight is 202 g/mol. The fraction of sp³-hybridized carbons (Fsp3) is 1.00. The first-order valence-electron chi connectivity index (χ1n) is 3.31. The van der Waals surface area contributed by atoms with Crippen molar-refractivity contribution in [3.63, 3.8) is 0 Å². The van der Waals surface area contributed by atoms with Crippen LogP contribution in [0, 0.1) is 0 Å². The van der Waals surface area contributed by atoms with Crippen LogP contribution < -0.4 is 5.09 Å². The molecule has 5 heteroatoms. The molecule has 0 fully saturated rings. The fourth-order valence-electron chi connectivity index (χ4n) is 0.457. The van der Waals surface area contributed by atoms with Gasteiger partial charge in [0.15, 0.2) is 0 Å². The molecule has 1 unspecified atom stereocenters. The summed E-state index contributed by atoms with van der Waals surface area (Å²) in [6.07, 6.45) is 1.03. The third-order valence-corrected chi connectivity index (χ3v) is 3.39.